The molecule has 0 unspecified atom stereocenters. The summed E-state index contributed by atoms with van der Waals surface area (Å²) in [6.07, 6.45) is 1.65. The van der Waals surface area contributed by atoms with Crippen molar-refractivity contribution in [2.24, 2.45) is 0 Å². The average molecular weight is 413 g/mol. The van der Waals surface area contributed by atoms with Crippen LogP contribution in [0.2, 0.25) is 0 Å². The lowest BCUT2D eigenvalue weighted by Gasteiger charge is -2.37. The lowest BCUT2D eigenvalue weighted by molar-refractivity contribution is -0.931. The molecule has 2 heterocycles. The van der Waals surface area contributed by atoms with Crippen molar-refractivity contribution in [1.29, 1.82) is 0 Å². The standard InChI is InChI=1S/C22H25N3O3S/c26-29(27,20-10-5-2-6-11-20)23-18-21(22-12-7-17-28-22)25-15-13-24(14-16-25)19-8-3-1-4-9-19/h1-12,17,21,23H,13-16,18H2/p+1/t21-/m0/s1. The summed E-state index contributed by atoms with van der Waals surface area (Å²) >= 11 is 0. The third-order valence-corrected chi connectivity index (χ3v) is 6.88. The molecule has 0 amide bonds. The molecule has 0 radical (unpaired) electrons. The van der Waals surface area contributed by atoms with Gasteiger partial charge in [-0.2, -0.15) is 0 Å². The first kappa shape index (κ1) is 19.7. The van der Waals surface area contributed by atoms with E-state index in [1.165, 1.54) is 10.6 Å². The van der Waals surface area contributed by atoms with Crippen molar-refractivity contribution in [2.45, 2.75) is 10.9 Å². The topological polar surface area (TPSA) is 67.0 Å². The summed E-state index contributed by atoms with van der Waals surface area (Å²) in [6.45, 7) is 3.95. The highest BCUT2D eigenvalue weighted by molar-refractivity contribution is 7.89. The van der Waals surface area contributed by atoms with Gasteiger partial charge >= 0.3 is 0 Å². The van der Waals surface area contributed by atoms with Crippen LogP contribution in [0.25, 0.3) is 0 Å². The van der Waals surface area contributed by atoms with Crippen molar-refractivity contribution in [1.82, 2.24) is 4.72 Å². The van der Waals surface area contributed by atoms with Crippen LogP contribution in [0.1, 0.15) is 11.8 Å². The first-order valence-electron chi connectivity index (χ1n) is 9.86. The van der Waals surface area contributed by atoms with E-state index in [9.17, 15) is 8.42 Å². The molecule has 1 aromatic heterocycles. The molecule has 152 valence electrons. The molecule has 1 atom stereocenters. The van der Waals surface area contributed by atoms with Crippen LogP contribution in [0.5, 0.6) is 0 Å². The molecule has 3 aromatic rings. The van der Waals surface area contributed by atoms with Gasteiger partial charge < -0.3 is 14.2 Å². The first-order chi connectivity index (χ1) is 14.1. The summed E-state index contributed by atoms with van der Waals surface area (Å²) < 4.78 is 33.8. The van der Waals surface area contributed by atoms with Crippen LogP contribution in [0.3, 0.4) is 0 Å². The minimum Gasteiger partial charge on any atom is -0.463 e. The van der Waals surface area contributed by atoms with Crippen LogP contribution in [0.4, 0.5) is 5.69 Å². The average Bonchev–Trinajstić information content (AvgIpc) is 3.30. The molecule has 2 N–H and O–H groups in total. The number of hydrogen-bond donors (Lipinski definition) is 2. The first-order valence-corrected chi connectivity index (χ1v) is 11.3. The molecule has 1 saturated heterocycles. The number of piperazine rings is 1. The van der Waals surface area contributed by atoms with Gasteiger partial charge in [-0.3, -0.25) is 0 Å². The number of quaternary nitrogens is 1. The Hall–Kier alpha value is -2.61. The van der Waals surface area contributed by atoms with Crippen molar-refractivity contribution in [3.63, 3.8) is 0 Å². The molecular weight excluding hydrogens is 386 g/mol. The van der Waals surface area contributed by atoms with Crippen LogP contribution in [0, 0.1) is 0 Å². The molecule has 7 heteroatoms. The van der Waals surface area contributed by atoms with Crippen molar-refractivity contribution in [3.8, 4) is 0 Å². The maximum Gasteiger partial charge on any atom is 0.240 e. The predicted molar refractivity (Wildman–Crippen MR) is 112 cm³/mol. The van der Waals surface area contributed by atoms with Crippen molar-refractivity contribution in [3.05, 3.63) is 84.8 Å². The lowest BCUT2D eigenvalue weighted by Crippen LogP contribution is -3.15. The van der Waals surface area contributed by atoms with E-state index in [0.717, 1.165) is 31.9 Å². The number of benzene rings is 2. The van der Waals surface area contributed by atoms with Gasteiger partial charge in [0.1, 0.15) is 0 Å². The summed E-state index contributed by atoms with van der Waals surface area (Å²) in [6, 6.07) is 22.6. The Morgan fingerprint density at radius 1 is 0.931 bits per heavy atom. The molecule has 1 aliphatic rings. The van der Waals surface area contributed by atoms with E-state index >= 15 is 0 Å². The number of hydrogen-bond acceptors (Lipinski definition) is 4. The van der Waals surface area contributed by atoms with Crippen LogP contribution < -0.4 is 14.5 Å². The quantitative estimate of drug-likeness (QED) is 0.620. The molecule has 1 aliphatic heterocycles. The predicted octanol–water partition coefficient (Wildman–Crippen LogP) is 1.70. The van der Waals surface area contributed by atoms with Gasteiger partial charge in [0.2, 0.25) is 10.0 Å². The van der Waals surface area contributed by atoms with E-state index in [2.05, 4.69) is 33.9 Å². The summed E-state index contributed by atoms with van der Waals surface area (Å²) in [4.78, 5) is 3.97. The lowest BCUT2D eigenvalue weighted by atomic mass is 10.1. The largest absolute Gasteiger partial charge is 0.463 e. The minimum atomic E-state index is -3.55. The summed E-state index contributed by atoms with van der Waals surface area (Å²) in [5.74, 6) is 0.809. The van der Waals surface area contributed by atoms with Gasteiger partial charge in [-0.1, -0.05) is 36.4 Å². The van der Waals surface area contributed by atoms with E-state index in [-0.39, 0.29) is 10.9 Å². The van der Waals surface area contributed by atoms with Crippen molar-refractivity contribution in [2.75, 3.05) is 37.6 Å². The molecule has 4 rings (SSSR count). The number of nitrogens with one attached hydrogen (secondary N) is 2. The zero-order chi connectivity index (χ0) is 20.1. The number of para-hydroxylation sites is 1. The minimum absolute atomic E-state index is 0.0681. The molecule has 0 bridgehead atoms. The van der Waals surface area contributed by atoms with Crippen LogP contribution in [-0.4, -0.2) is 41.1 Å². The molecular formula is C22H26N3O3S+. The Kier molecular flexibility index (Phi) is 5.99. The molecule has 2 aromatic carbocycles. The third-order valence-electron chi connectivity index (χ3n) is 5.44. The summed E-state index contributed by atoms with van der Waals surface area (Å²) in [7, 11) is -3.55. The van der Waals surface area contributed by atoms with Gasteiger partial charge in [0, 0.05) is 5.69 Å². The maximum absolute atomic E-state index is 12.7. The Labute approximate surface area is 171 Å². The zero-order valence-electron chi connectivity index (χ0n) is 16.2. The molecule has 6 nitrogen and oxygen atoms in total. The zero-order valence-corrected chi connectivity index (χ0v) is 17.0. The second-order valence-electron chi connectivity index (χ2n) is 7.21. The maximum atomic E-state index is 12.7. The highest BCUT2D eigenvalue weighted by Gasteiger charge is 2.31. The van der Waals surface area contributed by atoms with E-state index in [1.807, 2.05) is 18.2 Å². The van der Waals surface area contributed by atoms with Gasteiger partial charge in [0.05, 0.1) is 43.9 Å². The number of anilines is 1. The number of nitrogens with zero attached hydrogens (tertiary/aromatic N) is 1. The number of furan rings is 1. The van der Waals surface area contributed by atoms with Gasteiger partial charge in [0.25, 0.3) is 0 Å². The fourth-order valence-corrected chi connectivity index (χ4v) is 4.92. The normalized spacial score (nSPS) is 16.6. The smallest absolute Gasteiger partial charge is 0.240 e. The van der Waals surface area contributed by atoms with E-state index in [0.29, 0.717) is 6.54 Å². The number of sulfonamides is 1. The van der Waals surface area contributed by atoms with E-state index in [1.54, 1.807) is 36.6 Å². The van der Waals surface area contributed by atoms with Gasteiger partial charge in [-0.15, -0.1) is 0 Å². The SMILES string of the molecule is O=S(=O)(NC[C@@H](c1ccco1)[NH+]1CCN(c2ccccc2)CC1)c1ccccc1. The van der Waals surface area contributed by atoms with Crippen LogP contribution in [-0.2, 0) is 10.0 Å². The Morgan fingerprint density at radius 3 is 2.21 bits per heavy atom. The third kappa shape index (κ3) is 4.70. The van der Waals surface area contributed by atoms with Crippen molar-refractivity contribution >= 4 is 15.7 Å². The Morgan fingerprint density at radius 2 is 1.59 bits per heavy atom. The molecule has 0 aliphatic carbocycles. The van der Waals surface area contributed by atoms with Gasteiger partial charge in [-0.05, 0) is 36.4 Å². The Bertz CT molecular complexity index is 984. The number of rotatable bonds is 7. The monoisotopic (exact) mass is 412 g/mol. The van der Waals surface area contributed by atoms with Crippen LogP contribution >= 0.6 is 0 Å². The highest BCUT2D eigenvalue weighted by Crippen LogP contribution is 2.15. The Balaban J connectivity index is 1.45. The summed E-state index contributed by atoms with van der Waals surface area (Å²) in [5.41, 5.74) is 1.23. The van der Waals surface area contributed by atoms with Gasteiger partial charge in [0.15, 0.2) is 11.8 Å². The molecule has 0 saturated carbocycles. The second kappa shape index (κ2) is 8.82. The van der Waals surface area contributed by atoms with E-state index < -0.39 is 10.0 Å². The van der Waals surface area contributed by atoms with Crippen LogP contribution in [0.15, 0.2) is 88.4 Å². The van der Waals surface area contributed by atoms with Crippen molar-refractivity contribution < 1.29 is 17.7 Å². The molecule has 0 spiro atoms. The van der Waals surface area contributed by atoms with E-state index in [4.69, 9.17) is 4.42 Å². The van der Waals surface area contributed by atoms with Gasteiger partial charge in [-0.25, -0.2) is 13.1 Å². The summed E-state index contributed by atoms with van der Waals surface area (Å²) in [5, 5.41) is 0. The fraction of sp³-hybridized carbons (Fsp3) is 0.273. The fourth-order valence-electron chi connectivity index (χ4n) is 3.85. The highest BCUT2D eigenvalue weighted by atomic mass is 32.2. The molecule has 1 fully saturated rings. The molecule has 29 heavy (non-hydrogen) atoms. The second-order valence-corrected chi connectivity index (χ2v) is 8.98.